The van der Waals surface area contributed by atoms with Gasteiger partial charge in [-0.15, -0.1) is 0 Å². The Kier molecular flexibility index (Phi) is 42.4. The Balaban J connectivity index is 1.60. The van der Waals surface area contributed by atoms with Gasteiger partial charge >= 0.3 is 0 Å². The lowest BCUT2D eigenvalue weighted by atomic mass is 9.97. The van der Waals surface area contributed by atoms with Gasteiger partial charge < -0.3 is 122 Å². The number of hydrogen-bond acceptors (Lipinski definition) is 25. The van der Waals surface area contributed by atoms with Crippen molar-refractivity contribution in [2.24, 2.45) is 0 Å². The third kappa shape index (κ3) is 32.4. The van der Waals surface area contributed by atoms with Crippen LogP contribution in [0.4, 0.5) is 0 Å². The van der Waals surface area contributed by atoms with Gasteiger partial charge in [-0.3, -0.25) is 43.2 Å². The molecule has 0 bridgehead atoms. The van der Waals surface area contributed by atoms with Crippen molar-refractivity contribution in [2.45, 2.75) is 266 Å². The number of aliphatic hydroxyl groups excluding tert-OH is 9. The highest BCUT2D eigenvalue weighted by Crippen LogP contribution is 2.26. The quantitative estimate of drug-likeness (QED) is 0.0160. The Morgan fingerprint density at radius 3 is 1.12 bits per heavy atom. The fourth-order valence-electron chi connectivity index (χ4n) is 10.9. The summed E-state index contributed by atoms with van der Waals surface area (Å²) in [5.41, 5.74) is 0. The lowest BCUT2D eigenvalue weighted by Gasteiger charge is -2.42. The molecule has 552 valence electrons. The molecule has 0 spiro atoms. The molecule has 33 heteroatoms. The van der Waals surface area contributed by atoms with Crippen LogP contribution in [0.2, 0.25) is 0 Å². The van der Waals surface area contributed by atoms with E-state index >= 15 is 0 Å². The van der Waals surface area contributed by atoms with Gasteiger partial charge in [0, 0.05) is 92.0 Å². The first kappa shape index (κ1) is 84.6. The second-order valence-electron chi connectivity index (χ2n) is 24.3. The molecular weight excluding hydrogens is 1270 g/mol. The van der Waals surface area contributed by atoms with Crippen molar-refractivity contribution in [3.05, 3.63) is 12.3 Å². The van der Waals surface area contributed by atoms with Crippen LogP contribution in [-0.4, -0.2) is 269 Å². The van der Waals surface area contributed by atoms with Gasteiger partial charge in [-0.25, -0.2) is 0 Å². The van der Waals surface area contributed by atoms with Gasteiger partial charge in [-0.1, -0.05) is 25.7 Å². The molecule has 33 nitrogen and oxygen atoms in total. The molecular formula is C63H110N8O25. The highest BCUT2D eigenvalue weighted by Gasteiger charge is 2.48. The molecule has 96 heavy (non-hydrogen) atoms. The van der Waals surface area contributed by atoms with Gasteiger partial charge in [0.1, 0.15) is 85.1 Å². The highest BCUT2D eigenvalue weighted by molar-refractivity contribution is 5.92. The predicted molar refractivity (Wildman–Crippen MR) is 340 cm³/mol. The molecule has 3 aliphatic rings. The summed E-state index contributed by atoms with van der Waals surface area (Å²) in [7, 11) is 1.43. The van der Waals surface area contributed by atoms with E-state index in [1.807, 2.05) is 0 Å². The van der Waals surface area contributed by atoms with Crippen LogP contribution in [0.5, 0.6) is 0 Å². The monoisotopic (exact) mass is 1380 g/mol. The molecule has 17 N–H and O–H groups in total. The number of aliphatic hydroxyl groups is 9. The smallest absolute Gasteiger partial charge is 0.243 e. The van der Waals surface area contributed by atoms with Crippen molar-refractivity contribution in [2.75, 3.05) is 66.4 Å². The number of nitrogens with one attached hydrogen (secondary N) is 8. The summed E-state index contributed by atoms with van der Waals surface area (Å²) in [6.07, 6.45) is -4.52. The van der Waals surface area contributed by atoms with Crippen LogP contribution < -0.4 is 42.5 Å². The Labute approximate surface area is 560 Å². The SMILES string of the molecule is CO/C=C/C(=O)CCCCCNC(=O)C(CCCCNC(=O)CCCCCO[C@@H]1OC(CO)[C@H](O)[C@H](O)C1NC(C)=O)NC(=O)C(CCCCNC(=O)CCCCCO[C@@H]1OC(CO)[C@H](O)C(O)[C@@H]1NC(C)=O)NC(=O)CCCCCO[C@@H]1OC(CO)[C@H](O)C(O)[C@@H]1NC(C)=O. The third-order valence-electron chi connectivity index (χ3n) is 16.3. The van der Waals surface area contributed by atoms with Gasteiger partial charge in [0.25, 0.3) is 0 Å². The van der Waals surface area contributed by atoms with E-state index in [0.717, 1.165) is 0 Å². The molecule has 0 aromatic heterocycles. The van der Waals surface area contributed by atoms with Crippen LogP contribution >= 0.6 is 0 Å². The maximum atomic E-state index is 14.3. The lowest BCUT2D eigenvalue weighted by Crippen LogP contribution is -2.64. The van der Waals surface area contributed by atoms with Crippen molar-refractivity contribution < 1.29 is 122 Å². The molecule has 0 radical (unpaired) electrons. The maximum Gasteiger partial charge on any atom is 0.243 e. The molecule has 17 atom stereocenters. The molecule has 3 saturated heterocycles. The largest absolute Gasteiger partial charge is 0.504 e. The van der Waals surface area contributed by atoms with Crippen LogP contribution in [0.3, 0.4) is 0 Å². The Morgan fingerprint density at radius 2 is 0.750 bits per heavy atom. The van der Waals surface area contributed by atoms with Crippen LogP contribution in [0.25, 0.3) is 0 Å². The van der Waals surface area contributed by atoms with E-state index in [0.29, 0.717) is 103 Å². The number of ether oxygens (including phenoxy) is 7. The van der Waals surface area contributed by atoms with Gasteiger partial charge in [-0.2, -0.15) is 0 Å². The van der Waals surface area contributed by atoms with Crippen LogP contribution in [0.1, 0.15) is 162 Å². The van der Waals surface area contributed by atoms with E-state index < -0.39 is 159 Å². The van der Waals surface area contributed by atoms with E-state index in [1.54, 1.807) is 0 Å². The van der Waals surface area contributed by atoms with E-state index in [-0.39, 0.29) is 95.6 Å². The molecule has 0 saturated carbocycles. The number of unbranched alkanes of at least 4 members (excludes halogenated alkanes) is 10. The highest BCUT2D eigenvalue weighted by atomic mass is 16.7. The second-order valence-corrected chi connectivity index (χ2v) is 24.3. The Bertz CT molecular complexity index is 2350. The summed E-state index contributed by atoms with van der Waals surface area (Å²) in [6.45, 7) is 2.97. The fourth-order valence-corrected chi connectivity index (χ4v) is 10.9. The summed E-state index contributed by atoms with van der Waals surface area (Å²) in [5.74, 6) is -3.61. The first-order valence-electron chi connectivity index (χ1n) is 33.6. The first-order chi connectivity index (χ1) is 46.0. The minimum absolute atomic E-state index is 0.0123. The zero-order valence-electron chi connectivity index (χ0n) is 55.9. The summed E-state index contributed by atoms with van der Waals surface area (Å²) in [4.78, 5) is 115. The number of ketones is 1. The Morgan fingerprint density at radius 1 is 0.406 bits per heavy atom. The zero-order valence-corrected chi connectivity index (χ0v) is 55.9. The number of carbonyl (C=O) groups excluding carboxylic acids is 9. The molecule has 0 aromatic carbocycles. The summed E-state index contributed by atoms with van der Waals surface area (Å²) in [6, 6.07) is -5.46. The molecule has 3 rings (SSSR count). The topological polar surface area (TPSA) is 497 Å². The molecule has 3 heterocycles. The van der Waals surface area contributed by atoms with Crippen molar-refractivity contribution in [3.63, 3.8) is 0 Å². The number of amides is 8. The predicted octanol–water partition coefficient (Wildman–Crippen LogP) is -3.50. The van der Waals surface area contributed by atoms with E-state index in [4.69, 9.17) is 33.2 Å². The first-order valence-corrected chi connectivity index (χ1v) is 33.6. The molecule has 3 fully saturated rings. The van der Waals surface area contributed by atoms with Crippen molar-refractivity contribution in [3.8, 4) is 0 Å². The lowest BCUT2D eigenvalue weighted by molar-refractivity contribution is -0.270. The number of rotatable bonds is 49. The molecule has 8 amide bonds. The molecule has 0 aromatic rings. The number of hydrogen-bond donors (Lipinski definition) is 17. The normalized spacial score (nSPS) is 26.4. The average Bonchev–Trinajstić information content (AvgIpc) is 0.904. The van der Waals surface area contributed by atoms with E-state index in [2.05, 4.69) is 42.5 Å². The van der Waals surface area contributed by atoms with Crippen molar-refractivity contribution >= 4 is 53.0 Å². The summed E-state index contributed by atoms with van der Waals surface area (Å²) in [5, 5.41) is 113. The van der Waals surface area contributed by atoms with Gasteiger partial charge in [0.2, 0.25) is 47.3 Å². The van der Waals surface area contributed by atoms with Crippen molar-refractivity contribution in [1.29, 1.82) is 0 Å². The van der Waals surface area contributed by atoms with Crippen LogP contribution in [-0.2, 0) is 76.3 Å². The van der Waals surface area contributed by atoms with E-state index in [1.165, 1.54) is 40.2 Å². The number of methoxy groups -OCH3 is 1. The summed E-state index contributed by atoms with van der Waals surface area (Å²) >= 11 is 0. The van der Waals surface area contributed by atoms with Crippen LogP contribution in [0, 0.1) is 0 Å². The number of allylic oxidation sites excluding steroid dienone is 1. The fraction of sp³-hybridized carbons (Fsp3) is 0.825. The molecule has 8 unspecified atom stereocenters. The average molecular weight is 1380 g/mol. The van der Waals surface area contributed by atoms with Gasteiger partial charge in [-0.05, 0) is 89.9 Å². The number of carbonyl (C=O) groups is 9. The standard InChI is InChI=1S/C63H110N8O25/c1-38(75)67-50-56(85)53(82)44(35-72)94-61(50)91-31-18-6-10-24-47(79)64-28-16-13-22-42(59(88)66-30-15-5-9-21-41(78)27-34-90-4)71-60(89)43(70-49(81)26-12-8-20-33-93-63-52(69-40(3)77)58(87)55(84)46(37-74)96-63)23-14-17-29-65-48(80)25-11-7-19-32-92-62-51(68-39(2)76)57(86)54(83)45(36-73)95-62/h27,34,42-46,50-58,61-63,72-74,82-87H,5-26,28-33,35-37H2,1-4H3,(H,64,79)(H,65,80)(H,66,88)(H,67,75)(H,68,76)(H,69,77)(H,70,81)(H,71,89)/b34-27+/t42?,43?,44?,45?,46?,50?,51-,52-,53-,54-,55-,56+,57?,58?,61+,62+,63+/m0/s1. The van der Waals surface area contributed by atoms with Crippen molar-refractivity contribution in [1.82, 2.24) is 42.5 Å². The molecule has 0 aliphatic carbocycles. The zero-order chi connectivity index (χ0) is 71.0. The second kappa shape index (κ2) is 48.2. The third-order valence-corrected chi connectivity index (χ3v) is 16.3. The summed E-state index contributed by atoms with van der Waals surface area (Å²) < 4.78 is 38.9. The minimum Gasteiger partial charge on any atom is -0.504 e. The minimum atomic E-state index is -1.49. The van der Waals surface area contributed by atoms with Crippen LogP contribution in [0.15, 0.2) is 12.3 Å². The molecule has 3 aliphatic heterocycles. The van der Waals surface area contributed by atoms with Gasteiger partial charge in [0.15, 0.2) is 24.7 Å². The van der Waals surface area contributed by atoms with E-state index in [9.17, 15) is 89.1 Å². The Hall–Kier alpha value is -5.63. The van der Waals surface area contributed by atoms with Gasteiger partial charge in [0.05, 0.1) is 33.2 Å². The maximum absolute atomic E-state index is 14.3.